The average molecular weight is 203 g/mol. The Labute approximate surface area is 90.5 Å². The summed E-state index contributed by atoms with van der Waals surface area (Å²) in [4.78, 5) is 11.7. The molecule has 0 aliphatic carbocycles. The summed E-state index contributed by atoms with van der Waals surface area (Å²) in [7, 11) is 0. The van der Waals surface area contributed by atoms with Gasteiger partial charge >= 0.3 is 0 Å². The molecule has 1 aromatic rings. The van der Waals surface area contributed by atoms with E-state index >= 15 is 0 Å². The van der Waals surface area contributed by atoms with Crippen LogP contribution in [0.4, 0.5) is 0 Å². The van der Waals surface area contributed by atoms with Gasteiger partial charge in [-0.1, -0.05) is 0 Å². The highest BCUT2D eigenvalue weighted by atomic mass is 15.2. The zero-order valence-corrected chi connectivity index (χ0v) is 9.40. The number of hydrogen-bond acceptors (Lipinski definition) is 3. The Morgan fingerprint density at radius 3 is 2.80 bits per heavy atom. The summed E-state index contributed by atoms with van der Waals surface area (Å²) in [5.41, 5.74) is 3.40. The van der Waals surface area contributed by atoms with E-state index in [9.17, 15) is 0 Å². The van der Waals surface area contributed by atoms with Crippen LogP contribution in [0.3, 0.4) is 0 Å². The number of aromatic nitrogens is 2. The summed E-state index contributed by atoms with van der Waals surface area (Å²) in [5, 5.41) is 0. The van der Waals surface area contributed by atoms with E-state index in [-0.39, 0.29) is 0 Å². The SMILES string of the molecule is Cc1cnc([C@H]2CN3CC[C@@H]2C3)c(C)n1. The molecule has 1 aromatic heterocycles. The Kier molecular flexibility index (Phi) is 2.02. The van der Waals surface area contributed by atoms with Crippen molar-refractivity contribution in [2.75, 3.05) is 19.6 Å². The number of piperidine rings is 1. The number of nitrogens with zero attached hydrogens (tertiary/aromatic N) is 3. The second-order valence-corrected chi connectivity index (χ2v) is 4.90. The van der Waals surface area contributed by atoms with Crippen LogP contribution in [0.5, 0.6) is 0 Å². The van der Waals surface area contributed by atoms with Crippen molar-refractivity contribution in [3.63, 3.8) is 0 Å². The minimum Gasteiger partial charge on any atom is -0.302 e. The van der Waals surface area contributed by atoms with Crippen LogP contribution in [0.1, 0.15) is 29.4 Å². The molecule has 0 aromatic carbocycles. The summed E-state index contributed by atoms with van der Waals surface area (Å²) in [6.45, 7) is 7.87. The minimum absolute atomic E-state index is 0.645. The summed E-state index contributed by atoms with van der Waals surface area (Å²) in [6, 6.07) is 0. The van der Waals surface area contributed by atoms with E-state index < -0.39 is 0 Å². The Morgan fingerprint density at radius 2 is 2.20 bits per heavy atom. The molecule has 1 unspecified atom stereocenters. The summed E-state index contributed by atoms with van der Waals surface area (Å²) < 4.78 is 0. The molecule has 2 saturated heterocycles. The molecule has 3 heteroatoms. The monoisotopic (exact) mass is 203 g/mol. The quantitative estimate of drug-likeness (QED) is 0.693. The van der Waals surface area contributed by atoms with Crippen LogP contribution in [-0.4, -0.2) is 34.5 Å². The molecule has 2 aliphatic heterocycles. The van der Waals surface area contributed by atoms with Crippen molar-refractivity contribution < 1.29 is 0 Å². The van der Waals surface area contributed by atoms with E-state index in [1.165, 1.54) is 31.7 Å². The highest BCUT2D eigenvalue weighted by Crippen LogP contribution is 2.39. The van der Waals surface area contributed by atoms with E-state index in [4.69, 9.17) is 0 Å². The lowest BCUT2D eigenvalue weighted by molar-refractivity contribution is 0.343. The second kappa shape index (κ2) is 3.27. The van der Waals surface area contributed by atoms with Crippen molar-refractivity contribution in [1.82, 2.24) is 14.9 Å². The molecular formula is C12H17N3. The molecule has 2 bridgehead atoms. The maximum Gasteiger partial charge on any atom is 0.0663 e. The Hall–Kier alpha value is -0.960. The smallest absolute Gasteiger partial charge is 0.0663 e. The Morgan fingerprint density at radius 1 is 1.33 bits per heavy atom. The Balaban J connectivity index is 1.93. The van der Waals surface area contributed by atoms with Gasteiger partial charge in [-0.2, -0.15) is 0 Å². The number of rotatable bonds is 1. The van der Waals surface area contributed by atoms with Gasteiger partial charge in [-0.3, -0.25) is 9.97 Å². The van der Waals surface area contributed by atoms with Crippen molar-refractivity contribution in [1.29, 1.82) is 0 Å². The molecule has 80 valence electrons. The molecule has 3 atom stereocenters. The Bertz CT molecular complexity index is 388. The lowest BCUT2D eigenvalue weighted by Crippen LogP contribution is -2.23. The first-order chi connectivity index (χ1) is 7.24. The zero-order valence-electron chi connectivity index (χ0n) is 9.40. The maximum atomic E-state index is 4.59. The van der Waals surface area contributed by atoms with Crippen LogP contribution in [0.15, 0.2) is 6.20 Å². The topological polar surface area (TPSA) is 29.0 Å². The fraction of sp³-hybridized carbons (Fsp3) is 0.667. The summed E-state index contributed by atoms with van der Waals surface area (Å²) in [5.74, 6) is 1.48. The fourth-order valence-corrected chi connectivity index (χ4v) is 3.06. The number of hydrogen-bond donors (Lipinski definition) is 0. The van der Waals surface area contributed by atoms with E-state index in [1.807, 2.05) is 13.1 Å². The molecule has 0 spiro atoms. The molecule has 0 radical (unpaired) electrons. The molecular weight excluding hydrogens is 186 g/mol. The van der Waals surface area contributed by atoms with Crippen LogP contribution >= 0.6 is 0 Å². The first-order valence-electron chi connectivity index (χ1n) is 5.76. The van der Waals surface area contributed by atoms with Crippen LogP contribution in [0.2, 0.25) is 0 Å². The molecule has 0 saturated carbocycles. The van der Waals surface area contributed by atoms with Crippen LogP contribution in [0.25, 0.3) is 0 Å². The first kappa shape index (κ1) is 9.28. The highest BCUT2D eigenvalue weighted by molar-refractivity contribution is 5.21. The standard InChI is InChI=1S/C12H17N3/c1-8-5-13-12(9(2)14-8)11-7-15-4-3-10(11)6-15/h5,10-11H,3-4,6-7H2,1-2H3/t10-,11+/m1/s1. The second-order valence-electron chi connectivity index (χ2n) is 4.90. The van der Waals surface area contributed by atoms with Crippen molar-refractivity contribution in [2.24, 2.45) is 5.92 Å². The zero-order chi connectivity index (χ0) is 10.4. The van der Waals surface area contributed by atoms with E-state index in [0.29, 0.717) is 5.92 Å². The van der Waals surface area contributed by atoms with Crippen molar-refractivity contribution in [2.45, 2.75) is 26.2 Å². The van der Waals surface area contributed by atoms with Gasteiger partial charge in [-0.25, -0.2) is 0 Å². The molecule has 0 N–H and O–H groups in total. The average Bonchev–Trinajstić information content (AvgIpc) is 2.78. The van der Waals surface area contributed by atoms with Gasteiger partial charge in [0.25, 0.3) is 0 Å². The largest absolute Gasteiger partial charge is 0.302 e. The van der Waals surface area contributed by atoms with Crippen molar-refractivity contribution in [3.05, 3.63) is 23.3 Å². The predicted molar refractivity (Wildman–Crippen MR) is 58.8 cm³/mol. The summed E-state index contributed by atoms with van der Waals surface area (Å²) >= 11 is 0. The van der Waals surface area contributed by atoms with Gasteiger partial charge in [0.2, 0.25) is 0 Å². The highest BCUT2D eigenvalue weighted by Gasteiger charge is 2.40. The van der Waals surface area contributed by atoms with E-state index in [2.05, 4.69) is 21.8 Å². The molecule has 3 heterocycles. The number of aryl methyl sites for hydroxylation is 2. The van der Waals surface area contributed by atoms with Gasteiger partial charge < -0.3 is 4.90 Å². The normalized spacial score (nSPS) is 33.6. The third-order valence-corrected chi connectivity index (χ3v) is 3.79. The van der Waals surface area contributed by atoms with Crippen molar-refractivity contribution >= 4 is 0 Å². The van der Waals surface area contributed by atoms with Gasteiger partial charge in [0.05, 0.1) is 17.1 Å². The molecule has 3 nitrogen and oxygen atoms in total. The van der Waals surface area contributed by atoms with Crippen molar-refractivity contribution in [3.8, 4) is 0 Å². The summed E-state index contributed by atoms with van der Waals surface area (Å²) in [6.07, 6.45) is 3.25. The molecule has 15 heavy (non-hydrogen) atoms. The molecule has 2 fully saturated rings. The molecule has 2 aliphatic rings. The third-order valence-electron chi connectivity index (χ3n) is 3.79. The minimum atomic E-state index is 0.645. The van der Waals surface area contributed by atoms with Gasteiger partial charge in [0, 0.05) is 25.2 Å². The lowest BCUT2D eigenvalue weighted by Gasteiger charge is -2.22. The maximum absolute atomic E-state index is 4.59. The van der Waals surface area contributed by atoms with Crippen LogP contribution < -0.4 is 0 Å². The van der Waals surface area contributed by atoms with Gasteiger partial charge in [-0.15, -0.1) is 0 Å². The van der Waals surface area contributed by atoms with E-state index in [0.717, 1.165) is 17.3 Å². The number of fused-ring (bicyclic) bond motifs is 2. The lowest BCUT2D eigenvalue weighted by atomic mass is 9.89. The molecule has 3 rings (SSSR count). The van der Waals surface area contributed by atoms with E-state index in [1.54, 1.807) is 0 Å². The van der Waals surface area contributed by atoms with Gasteiger partial charge in [0.1, 0.15) is 0 Å². The first-order valence-corrected chi connectivity index (χ1v) is 5.76. The third kappa shape index (κ3) is 1.46. The predicted octanol–water partition coefficient (Wildman–Crippen LogP) is 1.51. The van der Waals surface area contributed by atoms with Crippen LogP contribution in [-0.2, 0) is 0 Å². The van der Waals surface area contributed by atoms with Gasteiger partial charge in [-0.05, 0) is 32.7 Å². The van der Waals surface area contributed by atoms with Crippen LogP contribution in [0, 0.1) is 19.8 Å². The van der Waals surface area contributed by atoms with Gasteiger partial charge in [0.15, 0.2) is 0 Å². The fourth-order valence-electron chi connectivity index (χ4n) is 3.06. The molecule has 0 amide bonds.